The Labute approximate surface area is 123 Å². The predicted octanol–water partition coefficient (Wildman–Crippen LogP) is 3.27. The van der Waals surface area contributed by atoms with E-state index in [1.807, 2.05) is 18.2 Å². The molecule has 0 radical (unpaired) electrons. The molecule has 114 valence electrons. The minimum absolute atomic E-state index is 0.161. The summed E-state index contributed by atoms with van der Waals surface area (Å²) in [6.45, 7) is 0.269. The van der Waals surface area contributed by atoms with Crippen molar-refractivity contribution in [3.63, 3.8) is 0 Å². The van der Waals surface area contributed by atoms with Crippen LogP contribution in [0.1, 0.15) is 11.4 Å². The average Bonchev–Trinajstić information content (AvgIpc) is 2.90. The first-order chi connectivity index (χ1) is 10.4. The summed E-state index contributed by atoms with van der Waals surface area (Å²) in [5, 5.41) is 4.77. The maximum absolute atomic E-state index is 12.7. The van der Waals surface area contributed by atoms with Crippen LogP contribution in [0, 0.1) is 0 Å². The van der Waals surface area contributed by atoms with Crippen molar-refractivity contribution in [1.29, 1.82) is 0 Å². The molecule has 0 bridgehead atoms. The monoisotopic (exact) mass is 308 g/mol. The van der Waals surface area contributed by atoms with Crippen molar-refractivity contribution < 1.29 is 17.7 Å². The third-order valence-corrected chi connectivity index (χ3v) is 3.17. The Morgan fingerprint density at radius 2 is 1.95 bits per heavy atom. The van der Waals surface area contributed by atoms with Crippen LogP contribution in [0.15, 0.2) is 41.2 Å². The van der Waals surface area contributed by atoms with Gasteiger partial charge in [-0.3, -0.25) is 0 Å². The van der Waals surface area contributed by atoms with Crippen molar-refractivity contribution in [2.45, 2.75) is 12.7 Å². The van der Waals surface area contributed by atoms with E-state index in [-0.39, 0.29) is 12.4 Å². The lowest BCUT2D eigenvalue weighted by Gasteiger charge is -2.17. The molecule has 0 saturated heterocycles. The van der Waals surface area contributed by atoms with Crippen LogP contribution in [0.3, 0.4) is 0 Å². The quantitative estimate of drug-likeness (QED) is 0.743. The van der Waals surface area contributed by atoms with Gasteiger partial charge in [-0.15, -0.1) is 0 Å². The van der Waals surface area contributed by atoms with Crippen LogP contribution < -0.4 is 4.90 Å². The number of hydrogen-bond donors (Lipinski definition) is 0. The minimum Gasteiger partial charge on any atom is -0.356 e. The molecule has 3 rings (SSSR count). The molecule has 5 nitrogen and oxygen atoms in total. The molecule has 0 saturated carbocycles. The number of nitrogens with zero attached hydrogens (tertiary/aromatic N) is 4. The number of fused-ring (bicyclic) bond motifs is 1. The Hall–Kier alpha value is -2.64. The van der Waals surface area contributed by atoms with Gasteiger partial charge in [0, 0.05) is 18.5 Å². The fourth-order valence-electron chi connectivity index (χ4n) is 2.07. The van der Waals surface area contributed by atoms with Crippen molar-refractivity contribution in [2.24, 2.45) is 0 Å². The van der Waals surface area contributed by atoms with Crippen molar-refractivity contribution in [1.82, 2.24) is 15.1 Å². The highest BCUT2D eigenvalue weighted by Crippen LogP contribution is 2.29. The third kappa shape index (κ3) is 2.72. The van der Waals surface area contributed by atoms with Crippen molar-refractivity contribution in [3.8, 4) is 0 Å². The Bertz CT molecular complexity index is 800. The first-order valence-electron chi connectivity index (χ1n) is 6.39. The highest BCUT2D eigenvalue weighted by Gasteiger charge is 2.33. The topological polar surface area (TPSA) is 55.1 Å². The molecule has 0 fully saturated rings. The van der Waals surface area contributed by atoms with E-state index in [4.69, 9.17) is 4.52 Å². The van der Waals surface area contributed by atoms with Crippen LogP contribution in [-0.2, 0) is 12.7 Å². The van der Waals surface area contributed by atoms with Crippen LogP contribution in [0.5, 0.6) is 0 Å². The number of halogens is 3. The summed E-state index contributed by atoms with van der Waals surface area (Å²) >= 11 is 0. The Morgan fingerprint density at radius 3 is 2.73 bits per heavy atom. The number of rotatable bonds is 3. The SMILES string of the molecule is CN(Cc1noc2ccccc12)c1cc(C(F)(F)F)ncn1. The smallest absolute Gasteiger partial charge is 0.356 e. The van der Waals surface area contributed by atoms with Gasteiger partial charge in [0.05, 0.1) is 6.54 Å². The number of anilines is 1. The van der Waals surface area contributed by atoms with Gasteiger partial charge in [-0.25, -0.2) is 9.97 Å². The molecule has 3 aromatic rings. The van der Waals surface area contributed by atoms with E-state index in [0.29, 0.717) is 11.3 Å². The third-order valence-electron chi connectivity index (χ3n) is 3.17. The molecule has 0 atom stereocenters. The largest absolute Gasteiger partial charge is 0.433 e. The maximum atomic E-state index is 12.7. The van der Waals surface area contributed by atoms with Crippen LogP contribution in [0.4, 0.5) is 19.0 Å². The summed E-state index contributed by atoms with van der Waals surface area (Å²) in [6, 6.07) is 8.19. The van der Waals surface area contributed by atoms with Gasteiger partial charge in [-0.2, -0.15) is 13.2 Å². The van der Waals surface area contributed by atoms with E-state index in [0.717, 1.165) is 17.8 Å². The Morgan fingerprint density at radius 1 is 1.18 bits per heavy atom. The fraction of sp³-hybridized carbons (Fsp3) is 0.214. The van der Waals surface area contributed by atoms with E-state index in [9.17, 15) is 13.2 Å². The lowest BCUT2D eigenvalue weighted by atomic mass is 10.2. The van der Waals surface area contributed by atoms with Crippen LogP contribution in [-0.4, -0.2) is 22.2 Å². The molecule has 8 heteroatoms. The number of hydrogen-bond acceptors (Lipinski definition) is 5. The number of aromatic nitrogens is 3. The van der Waals surface area contributed by atoms with E-state index in [1.165, 1.54) is 0 Å². The molecular formula is C14H11F3N4O. The summed E-state index contributed by atoms with van der Waals surface area (Å²) in [5.74, 6) is 0.161. The van der Waals surface area contributed by atoms with Gasteiger partial charge < -0.3 is 9.42 Å². The number of benzene rings is 1. The van der Waals surface area contributed by atoms with Gasteiger partial charge in [0.2, 0.25) is 0 Å². The zero-order valence-electron chi connectivity index (χ0n) is 11.5. The molecule has 2 heterocycles. The highest BCUT2D eigenvalue weighted by molar-refractivity contribution is 5.79. The summed E-state index contributed by atoms with van der Waals surface area (Å²) in [7, 11) is 1.63. The summed E-state index contributed by atoms with van der Waals surface area (Å²) in [4.78, 5) is 8.67. The van der Waals surface area contributed by atoms with Crippen LogP contribution in [0.2, 0.25) is 0 Å². The highest BCUT2D eigenvalue weighted by atomic mass is 19.4. The second-order valence-electron chi connectivity index (χ2n) is 4.74. The average molecular weight is 308 g/mol. The lowest BCUT2D eigenvalue weighted by molar-refractivity contribution is -0.141. The van der Waals surface area contributed by atoms with E-state index < -0.39 is 11.9 Å². The molecule has 0 amide bonds. The van der Waals surface area contributed by atoms with Crippen LogP contribution in [0.25, 0.3) is 11.0 Å². The number of para-hydroxylation sites is 1. The van der Waals surface area contributed by atoms with Gasteiger partial charge in [-0.05, 0) is 12.1 Å². The lowest BCUT2D eigenvalue weighted by Crippen LogP contribution is -2.19. The Kier molecular flexibility index (Phi) is 3.44. The summed E-state index contributed by atoms with van der Waals surface area (Å²) in [6.07, 6.45) is -3.60. The molecular weight excluding hydrogens is 297 g/mol. The molecule has 0 spiro atoms. The van der Waals surface area contributed by atoms with Crippen molar-refractivity contribution in [2.75, 3.05) is 11.9 Å². The predicted molar refractivity (Wildman–Crippen MR) is 73.2 cm³/mol. The van der Waals surface area contributed by atoms with Gasteiger partial charge in [0.25, 0.3) is 0 Å². The molecule has 0 aliphatic carbocycles. The van der Waals surface area contributed by atoms with Gasteiger partial charge >= 0.3 is 6.18 Å². The second-order valence-corrected chi connectivity index (χ2v) is 4.74. The van der Waals surface area contributed by atoms with Gasteiger partial charge in [-0.1, -0.05) is 17.3 Å². The van der Waals surface area contributed by atoms with E-state index >= 15 is 0 Å². The summed E-state index contributed by atoms with van der Waals surface area (Å²) < 4.78 is 43.2. The zero-order valence-corrected chi connectivity index (χ0v) is 11.5. The molecule has 0 N–H and O–H groups in total. The van der Waals surface area contributed by atoms with E-state index in [1.54, 1.807) is 18.0 Å². The zero-order chi connectivity index (χ0) is 15.7. The molecule has 0 aliphatic heterocycles. The number of alkyl halides is 3. The second kappa shape index (κ2) is 5.28. The first kappa shape index (κ1) is 14.3. The standard InChI is InChI=1S/C14H11F3N4O/c1-21(13-6-12(14(15,16)17)18-8-19-13)7-10-9-4-2-3-5-11(9)22-20-10/h2-6,8H,7H2,1H3. The van der Waals surface area contributed by atoms with Gasteiger partial charge in [0.15, 0.2) is 5.58 Å². The normalized spacial score (nSPS) is 11.8. The van der Waals surface area contributed by atoms with Crippen molar-refractivity contribution in [3.05, 3.63) is 48.0 Å². The van der Waals surface area contributed by atoms with Crippen molar-refractivity contribution >= 4 is 16.8 Å². The summed E-state index contributed by atoms with van der Waals surface area (Å²) in [5.41, 5.74) is 0.282. The molecule has 2 aromatic heterocycles. The fourth-order valence-corrected chi connectivity index (χ4v) is 2.07. The maximum Gasteiger partial charge on any atom is 0.433 e. The molecule has 0 aliphatic rings. The molecule has 0 unspecified atom stereocenters. The van der Waals surface area contributed by atoms with Gasteiger partial charge in [0.1, 0.15) is 23.5 Å². The van der Waals surface area contributed by atoms with Crippen LogP contribution >= 0.6 is 0 Å². The minimum atomic E-state index is -4.50. The molecule has 22 heavy (non-hydrogen) atoms. The molecule has 1 aromatic carbocycles. The van der Waals surface area contributed by atoms with E-state index in [2.05, 4.69) is 15.1 Å². The first-order valence-corrected chi connectivity index (χ1v) is 6.39. The Balaban J connectivity index is 1.87.